The Labute approximate surface area is 106 Å². The molecule has 1 aromatic carbocycles. The number of nitrogens with zero attached hydrogens (tertiary/aromatic N) is 1. The van der Waals surface area contributed by atoms with Gasteiger partial charge in [0.1, 0.15) is 0 Å². The van der Waals surface area contributed by atoms with Crippen molar-refractivity contribution in [3.8, 4) is 0 Å². The van der Waals surface area contributed by atoms with E-state index in [1.165, 1.54) is 0 Å². The Morgan fingerprint density at radius 2 is 2.22 bits per heavy atom. The highest BCUT2D eigenvalue weighted by Gasteiger charge is 2.19. The second-order valence-electron chi connectivity index (χ2n) is 5.12. The molecule has 0 unspecified atom stereocenters. The quantitative estimate of drug-likeness (QED) is 0.636. The number of aliphatic hydroxyl groups is 2. The molecule has 98 valence electrons. The standard InChI is InChI=1S/C13H19N3O2/c1-13(2,8-17)14-7-12(18)9-4-3-5-11-10(9)6-15-16-11/h3-6,12,14,17-18H,7-8H2,1-2H3,(H,15,16)/t12-/m0/s1. The molecule has 5 nitrogen and oxygen atoms in total. The van der Waals surface area contributed by atoms with Crippen LogP contribution in [-0.2, 0) is 0 Å². The Balaban J connectivity index is 2.14. The number of aromatic amines is 1. The first-order valence-electron chi connectivity index (χ1n) is 5.99. The second kappa shape index (κ2) is 5.06. The van der Waals surface area contributed by atoms with Crippen LogP contribution < -0.4 is 5.32 Å². The molecule has 4 N–H and O–H groups in total. The van der Waals surface area contributed by atoms with Gasteiger partial charge >= 0.3 is 0 Å². The fourth-order valence-electron chi connectivity index (χ4n) is 1.82. The molecule has 1 aromatic heterocycles. The highest BCUT2D eigenvalue weighted by Crippen LogP contribution is 2.22. The molecule has 18 heavy (non-hydrogen) atoms. The fourth-order valence-corrected chi connectivity index (χ4v) is 1.82. The summed E-state index contributed by atoms with van der Waals surface area (Å²) in [6.07, 6.45) is 1.09. The van der Waals surface area contributed by atoms with Gasteiger partial charge in [-0.05, 0) is 25.5 Å². The lowest BCUT2D eigenvalue weighted by atomic mass is 10.0. The maximum absolute atomic E-state index is 10.2. The van der Waals surface area contributed by atoms with Crippen molar-refractivity contribution < 1.29 is 10.2 Å². The minimum Gasteiger partial charge on any atom is -0.394 e. The summed E-state index contributed by atoms with van der Waals surface area (Å²) in [5.41, 5.74) is 1.35. The number of rotatable bonds is 5. The average molecular weight is 249 g/mol. The molecule has 1 heterocycles. The number of hydrogen-bond donors (Lipinski definition) is 4. The summed E-state index contributed by atoms with van der Waals surface area (Å²) >= 11 is 0. The van der Waals surface area contributed by atoms with E-state index in [-0.39, 0.29) is 6.61 Å². The van der Waals surface area contributed by atoms with Crippen LogP contribution in [0.1, 0.15) is 25.5 Å². The Bertz CT molecular complexity index is 522. The van der Waals surface area contributed by atoms with Gasteiger partial charge < -0.3 is 15.5 Å². The van der Waals surface area contributed by atoms with Crippen molar-refractivity contribution in [3.63, 3.8) is 0 Å². The number of hydrogen-bond acceptors (Lipinski definition) is 4. The molecule has 0 amide bonds. The summed E-state index contributed by atoms with van der Waals surface area (Å²) in [6.45, 7) is 4.18. The third-order valence-corrected chi connectivity index (χ3v) is 3.05. The van der Waals surface area contributed by atoms with Crippen LogP contribution in [0.4, 0.5) is 0 Å². The highest BCUT2D eigenvalue weighted by atomic mass is 16.3. The van der Waals surface area contributed by atoms with Crippen LogP contribution in [0.5, 0.6) is 0 Å². The molecule has 0 aliphatic rings. The molecule has 0 radical (unpaired) electrons. The van der Waals surface area contributed by atoms with Crippen LogP contribution in [0.15, 0.2) is 24.4 Å². The summed E-state index contributed by atoms with van der Waals surface area (Å²) in [4.78, 5) is 0. The van der Waals surface area contributed by atoms with Gasteiger partial charge in [0.25, 0.3) is 0 Å². The topological polar surface area (TPSA) is 81.2 Å². The molecule has 0 saturated heterocycles. The number of benzene rings is 1. The van der Waals surface area contributed by atoms with E-state index in [1.807, 2.05) is 32.0 Å². The van der Waals surface area contributed by atoms with Crippen LogP contribution in [0.2, 0.25) is 0 Å². The monoisotopic (exact) mass is 249 g/mol. The number of aromatic nitrogens is 2. The minimum atomic E-state index is -0.628. The van der Waals surface area contributed by atoms with E-state index in [2.05, 4.69) is 15.5 Å². The zero-order valence-electron chi connectivity index (χ0n) is 10.6. The van der Waals surface area contributed by atoms with Crippen LogP contribution >= 0.6 is 0 Å². The first kappa shape index (κ1) is 13.0. The predicted molar refractivity (Wildman–Crippen MR) is 70.2 cm³/mol. The average Bonchev–Trinajstić information content (AvgIpc) is 2.84. The molecule has 0 spiro atoms. The molecule has 0 fully saturated rings. The van der Waals surface area contributed by atoms with Crippen molar-refractivity contribution in [2.45, 2.75) is 25.5 Å². The number of H-pyrrole nitrogens is 1. The number of nitrogens with one attached hydrogen (secondary N) is 2. The molecular formula is C13H19N3O2. The predicted octanol–water partition coefficient (Wildman–Crippen LogP) is 0.957. The third kappa shape index (κ3) is 2.69. The SMILES string of the molecule is CC(C)(CO)NC[C@H](O)c1cccc2[nH]ncc12. The zero-order valence-corrected chi connectivity index (χ0v) is 10.6. The smallest absolute Gasteiger partial charge is 0.0921 e. The van der Waals surface area contributed by atoms with E-state index >= 15 is 0 Å². The van der Waals surface area contributed by atoms with Crippen LogP contribution in [-0.4, -0.2) is 39.1 Å². The Kier molecular flexibility index (Phi) is 3.65. The highest BCUT2D eigenvalue weighted by molar-refractivity contribution is 5.81. The van der Waals surface area contributed by atoms with Crippen molar-refractivity contribution in [2.24, 2.45) is 0 Å². The normalized spacial score (nSPS) is 14.0. The van der Waals surface area contributed by atoms with Gasteiger partial charge in [-0.15, -0.1) is 0 Å². The van der Waals surface area contributed by atoms with E-state index in [9.17, 15) is 5.11 Å². The fraction of sp³-hybridized carbons (Fsp3) is 0.462. The van der Waals surface area contributed by atoms with Crippen molar-refractivity contribution >= 4 is 10.9 Å². The molecule has 2 rings (SSSR count). The van der Waals surface area contributed by atoms with Gasteiger partial charge in [-0.3, -0.25) is 5.10 Å². The summed E-state index contributed by atoms with van der Waals surface area (Å²) in [5, 5.41) is 30.3. The number of β-amino-alcohol motifs (C(OH)–C–C–N with tert-alkyl or cyclic N) is 1. The van der Waals surface area contributed by atoms with Crippen molar-refractivity contribution in [1.82, 2.24) is 15.5 Å². The minimum absolute atomic E-state index is 0.0234. The summed E-state index contributed by atoms with van der Waals surface area (Å²) in [6, 6.07) is 5.69. The van der Waals surface area contributed by atoms with Crippen molar-refractivity contribution in [3.05, 3.63) is 30.0 Å². The molecule has 0 aliphatic heterocycles. The first-order valence-corrected chi connectivity index (χ1v) is 5.99. The van der Waals surface area contributed by atoms with Crippen molar-refractivity contribution in [1.29, 1.82) is 0 Å². The Morgan fingerprint density at radius 3 is 2.94 bits per heavy atom. The van der Waals surface area contributed by atoms with E-state index in [1.54, 1.807) is 6.20 Å². The van der Waals surface area contributed by atoms with Gasteiger partial charge in [0.2, 0.25) is 0 Å². The lowest BCUT2D eigenvalue weighted by Crippen LogP contribution is -2.44. The molecule has 5 heteroatoms. The van der Waals surface area contributed by atoms with Gasteiger partial charge in [0.05, 0.1) is 24.4 Å². The molecule has 0 bridgehead atoms. The third-order valence-electron chi connectivity index (χ3n) is 3.05. The van der Waals surface area contributed by atoms with Crippen LogP contribution in [0.3, 0.4) is 0 Å². The molecule has 2 aromatic rings. The Hall–Kier alpha value is -1.43. The lowest BCUT2D eigenvalue weighted by molar-refractivity contribution is 0.137. The van der Waals surface area contributed by atoms with Gasteiger partial charge in [-0.25, -0.2) is 0 Å². The molecule has 1 atom stereocenters. The van der Waals surface area contributed by atoms with Crippen LogP contribution in [0.25, 0.3) is 10.9 Å². The van der Waals surface area contributed by atoms with E-state index in [4.69, 9.17) is 5.11 Å². The van der Waals surface area contributed by atoms with Crippen LogP contribution in [0, 0.1) is 0 Å². The number of aliphatic hydroxyl groups excluding tert-OH is 2. The van der Waals surface area contributed by atoms with Gasteiger partial charge in [-0.1, -0.05) is 12.1 Å². The van der Waals surface area contributed by atoms with E-state index in [0.717, 1.165) is 16.5 Å². The zero-order chi connectivity index (χ0) is 13.2. The van der Waals surface area contributed by atoms with E-state index in [0.29, 0.717) is 6.54 Å². The first-order chi connectivity index (χ1) is 8.53. The van der Waals surface area contributed by atoms with E-state index < -0.39 is 11.6 Å². The second-order valence-corrected chi connectivity index (χ2v) is 5.12. The maximum Gasteiger partial charge on any atom is 0.0921 e. The molecule has 0 saturated carbocycles. The lowest BCUT2D eigenvalue weighted by Gasteiger charge is -2.25. The van der Waals surface area contributed by atoms with Gasteiger partial charge in [0.15, 0.2) is 0 Å². The van der Waals surface area contributed by atoms with Crippen molar-refractivity contribution in [2.75, 3.05) is 13.2 Å². The number of fused-ring (bicyclic) bond motifs is 1. The summed E-state index contributed by atoms with van der Waals surface area (Å²) in [5.74, 6) is 0. The Morgan fingerprint density at radius 1 is 1.44 bits per heavy atom. The van der Waals surface area contributed by atoms with Gasteiger partial charge in [-0.2, -0.15) is 5.10 Å². The summed E-state index contributed by atoms with van der Waals surface area (Å²) in [7, 11) is 0. The molecule has 0 aliphatic carbocycles. The largest absolute Gasteiger partial charge is 0.394 e. The molecular weight excluding hydrogens is 230 g/mol. The summed E-state index contributed by atoms with van der Waals surface area (Å²) < 4.78 is 0. The van der Waals surface area contributed by atoms with Gasteiger partial charge in [0, 0.05) is 17.5 Å². The maximum atomic E-state index is 10.2.